The Morgan fingerprint density at radius 3 is 2.39 bits per heavy atom. The summed E-state index contributed by atoms with van der Waals surface area (Å²) in [6.45, 7) is 9.87. The predicted octanol–water partition coefficient (Wildman–Crippen LogP) is 1.71. The molecule has 2 rings (SSSR count). The van der Waals surface area contributed by atoms with Crippen molar-refractivity contribution in [1.29, 1.82) is 0 Å². The zero-order valence-corrected chi connectivity index (χ0v) is 15.4. The molecule has 1 atom stereocenters. The number of nitrogens with zero attached hydrogens (tertiary/aromatic N) is 5. The standard InChI is InChI=1S/C17H29N5O/c1-11(2)21(7)17(23)15-18-13(4)12(3)16(19-15)22-9-8-14(10-22)20(5)6/h11,14H,8-10H2,1-7H3/t14-/m1/s1. The first-order valence-corrected chi connectivity index (χ1v) is 8.26. The van der Waals surface area contributed by atoms with Gasteiger partial charge in [-0.2, -0.15) is 0 Å². The van der Waals surface area contributed by atoms with Crippen LogP contribution in [-0.4, -0.2) is 72.0 Å². The summed E-state index contributed by atoms with van der Waals surface area (Å²) < 4.78 is 0. The fourth-order valence-electron chi connectivity index (χ4n) is 2.77. The van der Waals surface area contributed by atoms with Gasteiger partial charge in [0.2, 0.25) is 5.82 Å². The van der Waals surface area contributed by atoms with Gasteiger partial charge in [0.25, 0.3) is 5.91 Å². The lowest BCUT2D eigenvalue weighted by Crippen LogP contribution is -2.35. The fraction of sp³-hybridized carbons (Fsp3) is 0.706. The van der Waals surface area contributed by atoms with Gasteiger partial charge < -0.3 is 14.7 Å². The fourth-order valence-corrected chi connectivity index (χ4v) is 2.77. The lowest BCUT2D eigenvalue weighted by Gasteiger charge is -2.24. The van der Waals surface area contributed by atoms with Crippen LogP contribution in [0.1, 0.15) is 42.1 Å². The Morgan fingerprint density at radius 1 is 1.22 bits per heavy atom. The Balaban J connectivity index is 2.32. The van der Waals surface area contributed by atoms with Crippen LogP contribution in [-0.2, 0) is 0 Å². The molecule has 0 unspecified atom stereocenters. The molecule has 0 aliphatic carbocycles. The summed E-state index contributed by atoms with van der Waals surface area (Å²) in [5, 5.41) is 0. The zero-order chi connectivity index (χ0) is 17.3. The van der Waals surface area contributed by atoms with Crippen LogP contribution in [0.5, 0.6) is 0 Å². The van der Waals surface area contributed by atoms with Gasteiger partial charge in [0, 0.05) is 43.5 Å². The van der Waals surface area contributed by atoms with E-state index in [0.717, 1.165) is 36.6 Å². The van der Waals surface area contributed by atoms with E-state index in [-0.39, 0.29) is 11.9 Å². The second-order valence-corrected chi connectivity index (χ2v) is 6.94. The number of likely N-dealkylation sites (N-methyl/N-ethyl adjacent to an activating group) is 1. The molecule has 1 saturated heterocycles. The molecule has 0 aromatic carbocycles. The SMILES string of the molecule is Cc1nc(C(=O)N(C)C(C)C)nc(N2CC[C@@H](N(C)C)C2)c1C. The molecule has 1 aliphatic heterocycles. The molecule has 0 N–H and O–H groups in total. The van der Waals surface area contributed by atoms with Crippen LogP contribution in [0.3, 0.4) is 0 Å². The van der Waals surface area contributed by atoms with E-state index in [1.54, 1.807) is 11.9 Å². The Labute approximate surface area is 139 Å². The number of amides is 1. The third-order valence-corrected chi connectivity index (χ3v) is 4.84. The molecule has 6 heteroatoms. The van der Waals surface area contributed by atoms with Gasteiger partial charge in [-0.15, -0.1) is 0 Å². The molecule has 1 amide bonds. The average Bonchev–Trinajstić information content (AvgIpc) is 2.98. The van der Waals surface area contributed by atoms with E-state index in [9.17, 15) is 4.79 Å². The number of aryl methyl sites for hydroxylation is 1. The predicted molar refractivity (Wildman–Crippen MR) is 93.0 cm³/mol. The number of carbonyl (C=O) groups excluding carboxylic acids is 1. The van der Waals surface area contributed by atoms with Gasteiger partial charge in [-0.05, 0) is 48.2 Å². The zero-order valence-electron chi connectivity index (χ0n) is 15.4. The lowest BCUT2D eigenvalue weighted by atomic mass is 10.2. The highest BCUT2D eigenvalue weighted by Gasteiger charge is 2.28. The second-order valence-electron chi connectivity index (χ2n) is 6.94. The van der Waals surface area contributed by atoms with Crippen molar-refractivity contribution in [3.63, 3.8) is 0 Å². The van der Waals surface area contributed by atoms with Gasteiger partial charge in [-0.25, -0.2) is 9.97 Å². The highest BCUT2D eigenvalue weighted by molar-refractivity contribution is 5.91. The number of anilines is 1. The van der Waals surface area contributed by atoms with E-state index in [0.29, 0.717) is 11.9 Å². The molecule has 1 fully saturated rings. The maximum absolute atomic E-state index is 12.6. The summed E-state index contributed by atoms with van der Waals surface area (Å²) in [5.74, 6) is 1.09. The van der Waals surface area contributed by atoms with Crippen molar-refractivity contribution in [2.45, 2.75) is 46.2 Å². The van der Waals surface area contributed by atoms with Crippen molar-refractivity contribution in [2.75, 3.05) is 39.1 Å². The first-order valence-electron chi connectivity index (χ1n) is 8.26. The molecule has 2 heterocycles. The number of hydrogen-bond donors (Lipinski definition) is 0. The average molecular weight is 319 g/mol. The highest BCUT2D eigenvalue weighted by Crippen LogP contribution is 2.25. The van der Waals surface area contributed by atoms with Gasteiger partial charge >= 0.3 is 0 Å². The number of hydrogen-bond acceptors (Lipinski definition) is 5. The molecule has 128 valence electrons. The van der Waals surface area contributed by atoms with E-state index in [2.05, 4.69) is 33.9 Å². The minimum Gasteiger partial charge on any atom is -0.355 e. The van der Waals surface area contributed by atoms with Crippen molar-refractivity contribution in [3.05, 3.63) is 17.1 Å². The van der Waals surface area contributed by atoms with Gasteiger partial charge in [0.1, 0.15) is 5.82 Å². The van der Waals surface area contributed by atoms with E-state index >= 15 is 0 Å². The first-order chi connectivity index (χ1) is 10.7. The van der Waals surface area contributed by atoms with Crippen LogP contribution in [0.2, 0.25) is 0 Å². The molecule has 6 nitrogen and oxygen atoms in total. The Kier molecular flexibility index (Phi) is 5.24. The molecule has 1 aromatic heterocycles. The minimum absolute atomic E-state index is 0.118. The van der Waals surface area contributed by atoms with Gasteiger partial charge in [-0.1, -0.05) is 0 Å². The van der Waals surface area contributed by atoms with Crippen LogP contribution in [0.15, 0.2) is 0 Å². The quantitative estimate of drug-likeness (QED) is 0.846. The van der Waals surface area contributed by atoms with Crippen LogP contribution >= 0.6 is 0 Å². The first kappa shape index (κ1) is 17.7. The van der Waals surface area contributed by atoms with Crippen molar-refractivity contribution >= 4 is 11.7 Å². The molecule has 1 aliphatic rings. The van der Waals surface area contributed by atoms with Crippen molar-refractivity contribution in [2.24, 2.45) is 0 Å². The monoisotopic (exact) mass is 319 g/mol. The maximum Gasteiger partial charge on any atom is 0.291 e. The molecule has 0 bridgehead atoms. The Bertz CT molecular complexity index is 585. The molecular weight excluding hydrogens is 290 g/mol. The van der Waals surface area contributed by atoms with Crippen molar-refractivity contribution in [1.82, 2.24) is 19.8 Å². The largest absolute Gasteiger partial charge is 0.355 e. The normalized spacial score (nSPS) is 18.1. The third-order valence-electron chi connectivity index (χ3n) is 4.84. The second kappa shape index (κ2) is 6.83. The van der Waals surface area contributed by atoms with E-state index in [4.69, 9.17) is 0 Å². The van der Waals surface area contributed by atoms with E-state index < -0.39 is 0 Å². The van der Waals surface area contributed by atoms with E-state index in [1.165, 1.54) is 0 Å². The minimum atomic E-state index is -0.118. The number of carbonyl (C=O) groups is 1. The molecular formula is C17H29N5O. The summed E-state index contributed by atoms with van der Waals surface area (Å²) in [4.78, 5) is 27.8. The Morgan fingerprint density at radius 2 is 1.87 bits per heavy atom. The van der Waals surface area contributed by atoms with Gasteiger partial charge in [0.15, 0.2) is 0 Å². The summed E-state index contributed by atoms with van der Waals surface area (Å²) in [7, 11) is 6.01. The maximum atomic E-state index is 12.6. The summed E-state index contributed by atoms with van der Waals surface area (Å²) in [6, 6.07) is 0.656. The van der Waals surface area contributed by atoms with Crippen molar-refractivity contribution < 1.29 is 4.79 Å². The molecule has 0 spiro atoms. The van der Waals surface area contributed by atoms with Gasteiger partial charge in [-0.3, -0.25) is 4.79 Å². The molecule has 1 aromatic rings. The number of aromatic nitrogens is 2. The lowest BCUT2D eigenvalue weighted by molar-refractivity contribution is 0.0742. The highest BCUT2D eigenvalue weighted by atomic mass is 16.2. The van der Waals surface area contributed by atoms with Crippen LogP contribution < -0.4 is 4.90 Å². The topological polar surface area (TPSA) is 52.6 Å². The third kappa shape index (κ3) is 3.63. The van der Waals surface area contributed by atoms with Gasteiger partial charge in [0.05, 0.1) is 0 Å². The van der Waals surface area contributed by atoms with Crippen molar-refractivity contribution in [3.8, 4) is 0 Å². The summed E-state index contributed by atoms with van der Waals surface area (Å²) >= 11 is 0. The van der Waals surface area contributed by atoms with E-state index in [1.807, 2.05) is 27.7 Å². The molecule has 0 radical (unpaired) electrons. The van der Waals surface area contributed by atoms with Crippen LogP contribution in [0.25, 0.3) is 0 Å². The Hall–Kier alpha value is -1.69. The number of rotatable bonds is 4. The summed E-state index contributed by atoms with van der Waals surface area (Å²) in [5.41, 5.74) is 1.94. The smallest absolute Gasteiger partial charge is 0.291 e. The molecule has 23 heavy (non-hydrogen) atoms. The van der Waals surface area contributed by atoms with Crippen LogP contribution in [0, 0.1) is 13.8 Å². The molecule has 0 saturated carbocycles. The van der Waals surface area contributed by atoms with Crippen LogP contribution in [0.4, 0.5) is 5.82 Å². The summed E-state index contributed by atoms with van der Waals surface area (Å²) in [6.07, 6.45) is 1.12.